The van der Waals surface area contributed by atoms with Crippen molar-refractivity contribution in [3.05, 3.63) is 42.5 Å². The minimum Gasteiger partial charge on any atom is -0.497 e. The van der Waals surface area contributed by atoms with Crippen LogP contribution in [0.3, 0.4) is 0 Å². The number of rotatable bonds is 12. The molecule has 1 amide bonds. The van der Waals surface area contributed by atoms with Crippen LogP contribution in [0.25, 0.3) is 0 Å². The van der Waals surface area contributed by atoms with Crippen molar-refractivity contribution in [2.24, 2.45) is 0 Å². The molecule has 28 heavy (non-hydrogen) atoms. The highest BCUT2D eigenvalue weighted by atomic mass is 16.5. The van der Waals surface area contributed by atoms with Crippen LogP contribution in [0.1, 0.15) is 32.6 Å². The quantitative estimate of drug-likeness (QED) is 0.517. The van der Waals surface area contributed by atoms with Crippen LogP contribution in [-0.2, 0) is 4.79 Å². The molecule has 2 aromatic rings. The number of hydrogen-bond acceptors (Lipinski definition) is 5. The molecule has 0 heterocycles. The topological polar surface area (TPSA) is 68.8 Å². The summed E-state index contributed by atoms with van der Waals surface area (Å²) in [7, 11) is 3.14. The summed E-state index contributed by atoms with van der Waals surface area (Å²) in [5.41, 5.74) is 1.42. The van der Waals surface area contributed by atoms with Crippen LogP contribution in [-0.4, -0.2) is 33.3 Å². The SMILES string of the molecule is CCCCCCOc1ccc(NCC(=O)Nc2cc(OC)ccc2OC)cc1. The maximum Gasteiger partial charge on any atom is 0.243 e. The fraction of sp³-hybridized carbons (Fsp3) is 0.409. The molecule has 6 nitrogen and oxygen atoms in total. The predicted octanol–water partition coefficient (Wildman–Crippen LogP) is 4.71. The molecular formula is C22H30N2O4. The molecule has 0 fully saturated rings. The smallest absolute Gasteiger partial charge is 0.243 e. The van der Waals surface area contributed by atoms with Gasteiger partial charge in [-0.05, 0) is 42.8 Å². The van der Waals surface area contributed by atoms with E-state index < -0.39 is 0 Å². The van der Waals surface area contributed by atoms with E-state index in [0.717, 1.165) is 24.5 Å². The van der Waals surface area contributed by atoms with Gasteiger partial charge in [0.05, 0.1) is 33.1 Å². The summed E-state index contributed by atoms with van der Waals surface area (Å²) in [5, 5.41) is 5.93. The number of carbonyl (C=O) groups excluding carboxylic acids is 1. The molecule has 0 aliphatic heterocycles. The van der Waals surface area contributed by atoms with Crippen molar-refractivity contribution in [2.45, 2.75) is 32.6 Å². The third-order valence-electron chi connectivity index (χ3n) is 4.25. The highest BCUT2D eigenvalue weighted by Gasteiger charge is 2.09. The molecule has 2 aromatic carbocycles. The van der Waals surface area contributed by atoms with Gasteiger partial charge in [-0.15, -0.1) is 0 Å². The largest absolute Gasteiger partial charge is 0.497 e. The molecule has 0 saturated heterocycles. The van der Waals surface area contributed by atoms with Crippen molar-refractivity contribution in [1.29, 1.82) is 0 Å². The lowest BCUT2D eigenvalue weighted by Crippen LogP contribution is -2.22. The van der Waals surface area contributed by atoms with Gasteiger partial charge < -0.3 is 24.8 Å². The first-order chi connectivity index (χ1) is 13.7. The van der Waals surface area contributed by atoms with Crippen LogP contribution >= 0.6 is 0 Å². The maximum atomic E-state index is 12.3. The van der Waals surface area contributed by atoms with Crippen LogP contribution in [0.15, 0.2) is 42.5 Å². The van der Waals surface area contributed by atoms with Crippen molar-refractivity contribution in [2.75, 3.05) is 38.0 Å². The number of unbranched alkanes of at least 4 members (excludes halogenated alkanes) is 3. The minimum absolute atomic E-state index is 0.136. The highest BCUT2D eigenvalue weighted by molar-refractivity contribution is 5.95. The Morgan fingerprint density at radius 1 is 0.929 bits per heavy atom. The molecule has 152 valence electrons. The van der Waals surface area contributed by atoms with Crippen molar-refractivity contribution in [3.63, 3.8) is 0 Å². The number of benzene rings is 2. The molecule has 0 saturated carbocycles. The highest BCUT2D eigenvalue weighted by Crippen LogP contribution is 2.28. The Hall–Kier alpha value is -2.89. The molecular weight excluding hydrogens is 356 g/mol. The van der Waals surface area contributed by atoms with E-state index in [4.69, 9.17) is 14.2 Å². The number of carbonyl (C=O) groups is 1. The number of hydrogen-bond donors (Lipinski definition) is 2. The van der Waals surface area contributed by atoms with Crippen LogP contribution in [0, 0.1) is 0 Å². The standard InChI is InChI=1S/C22H30N2O4/c1-4-5-6-7-14-28-18-10-8-17(9-11-18)23-16-22(25)24-20-15-19(26-2)12-13-21(20)27-3/h8-13,15,23H,4-7,14,16H2,1-3H3,(H,24,25). The van der Waals surface area contributed by atoms with E-state index in [9.17, 15) is 4.79 Å². The summed E-state index contributed by atoms with van der Waals surface area (Å²) in [6.07, 6.45) is 4.74. The van der Waals surface area contributed by atoms with Crippen molar-refractivity contribution >= 4 is 17.3 Å². The van der Waals surface area contributed by atoms with E-state index in [0.29, 0.717) is 17.2 Å². The van der Waals surface area contributed by atoms with Gasteiger partial charge in [-0.25, -0.2) is 0 Å². The first-order valence-electron chi connectivity index (χ1n) is 9.65. The van der Waals surface area contributed by atoms with Gasteiger partial charge in [0.15, 0.2) is 0 Å². The Balaban J connectivity index is 1.79. The zero-order valence-electron chi connectivity index (χ0n) is 16.9. The lowest BCUT2D eigenvalue weighted by Gasteiger charge is -2.13. The predicted molar refractivity (Wildman–Crippen MR) is 113 cm³/mol. The van der Waals surface area contributed by atoms with Gasteiger partial charge in [0.25, 0.3) is 0 Å². The molecule has 0 aliphatic rings. The Morgan fingerprint density at radius 3 is 2.36 bits per heavy atom. The van der Waals surface area contributed by atoms with Gasteiger partial charge >= 0.3 is 0 Å². The van der Waals surface area contributed by atoms with E-state index in [1.807, 2.05) is 24.3 Å². The molecule has 2 N–H and O–H groups in total. The van der Waals surface area contributed by atoms with Crippen molar-refractivity contribution in [1.82, 2.24) is 0 Å². The Kier molecular flexibility index (Phi) is 8.98. The second-order valence-corrected chi connectivity index (χ2v) is 6.40. The third-order valence-corrected chi connectivity index (χ3v) is 4.25. The number of ether oxygens (including phenoxy) is 3. The lowest BCUT2D eigenvalue weighted by atomic mass is 10.2. The van der Waals surface area contributed by atoms with Gasteiger partial charge in [0.2, 0.25) is 5.91 Å². The van der Waals surface area contributed by atoms with E-state index in [-0.39, 0.29) is 12.5 Å². The van der Waals surface area contributed by atoms with Crippen molar-refractivity contribution < 1.29 is 19.0 Å². The molecule has 6 heteroatoms. The van der Waals surface area contributed by atoms with E-state index in [2.05, 4.69) is 17.6 Å². The van der Waals surface area contributed by atoms with Crippen molar-refractivity contribution in [3.8, 4) is 17.2 Å². The summed E-state index contributed by atoms with van der Waals surface area (Å²) in [6.45, 7) is 3.06. The summed E-state index contributed by atoms with van der Waals surface area (Å²) in [4.78, 5) is 12.3. The minimum atomic E-state index is -0.178. The zero-order valence-corrected chi connectivity index (χ0v) is 16.9. The fourth-order valence-corrected chi connectivity index (χ4v) is 2.68. The molecule has 0 radical (unpaired) electrons. The first-order valence-corrected chi connectivity index (χ1v) is 9.65. The van der Waals surface area contributed by atoms with Crippen LogP contribution in [0.4, 0.5) is 11.4 Å². The Bertz CT molecular complexity index is 732. The fourth-order valence-electron chi connectivity index (χ4n) is 2.68. The molecule has 0 aliphatic carbocycles. The van der Waals surface area contributed by atoms with E-state index >= 15 is 0 Å². The molecule has 0 unspecified atom stereocenters. The average molecular weight is 386 g/mol. The number of nitrogens with one attached hydrogen (secondary N) is 2. The van der Waals surface area contributed by atoms with E-state index in [1.165, 1.54) is 19.3 Å². The molecule has 0 bridgehead atoms. The van der Waals surface area contributed by atoms with E-state index in [1.54, 1.807) is 32.4 Å². The van der Waals surface area contributed by atoms with Gasteiger partial charge in [-0.3, -0.25) is 4.79 Å². The van der Waals surface area contributed by atoms with Gasteiger partial charge in [0, 0.05) is 11.8 Å². The normalized spacial score (nSPS) is 10.2. The Morgan fingerprint density at radius 2 is 1.68 bits per heavy atom. The average Bonchev–Trinajstić information content (AvgIpc) is 2.73. The summed E-state index contributed by atoms with van der Waals surface area (Å²) in [6, 6.07) is 12.9. The summed E-state index contributed by atoms with van der Waals surface area (Å²) < 4.78 is 16.2. The van der Waals surface area contributed by atoms with Crippen LogP contribution < -0.4 is 24.8 Å². The number of methoxy groups -OCH3 is 2. The monoisotopic (exact) mass is 386 g/mol. The maximum absolute atomic E-state index is 12.3. The summed E-state index contributed by atoms with van der Waals surface area (Å²) in [5.74, 6) is 1.89. The van der Waals surface area contributed by atoms with Gasteiger partial charge in [0.1, 0.15) is 17.2 Å². The van der Waals surface area contributed by atoms with Gasteiger partial charge in [-0.2, -0.15) is 0 Å². The van der Waals surface area contributed by atoms with Gasteiger partial charge in [-0.1, -0.05) is 26.2 Å². The molecule has 2 rings (SSSR count). The summed E-state index contributed by atoms with van der Waals surface area (Å²) >= 11 is 0. The molecule has 0 aromatic heterocycles. The zero-order chi connectivity index (χ0) is 20.2. The second kappa shape index (κ2) is 11.7. The third kappa shape index (κ3) is 7.02. The van der Waals surface area contributed by atoms with Crippen LogP contribution in [0.5, 0.6) is 17.2 Å². The molecule has 0 spiro atoms. The number of amides is 1. The molecule has 0 atom stereocenters. The lowest BCUT2D eigenvalue weighted by molar-refractivity contribution is -0.114. The Labute approximate surface area is 167 Å². The first kappa shape index (κ1) is 21.4. The number of anilines is 2. The van der Waals surface area contributed by atoms with Crippen LogP contribution in [0.2, 0.25) is 0 Å². The second-order valence-electron chi connectivity index (χ2n) is 6.40.